The molecular formula is C19H20N4O5S. The number of nitrogens with zero attached hydrogens (tertiary/aromatic N) is 2. The SMILES string of the molecule is CCOC(=O)Cc1csc(NC(=O)CC2NC(=O)N(Cc3ccccc3)C2=O)n1. The van der Waals surface area contributed by atoms with E-state index >= 15 is 0 Å². The van der Waals surface area contributed by atoms with Gasteiger partial charge in [0, 0.05) is 5.38 Å². The Morgan fingerprint density at radius 2 is 2.03 bits per heavy atom. The Kier molecular flexibility index (Phi) is 6.55. The maximum absolute atomic E-state index is 12.5. The number of carbonyl (C=O) groups is 4. The maximum Gasteiger partial charge on any atom is 0.325 e. The fourth-order valence-electron chi connectivity index (χ4n) is 2.79. The summed E-state index contributed by atoms with van der Waals surface area (Å²) in [6.07, 6.45) is -0.186. The minimum Gasteiger partial charge on any atom is -0.466 e. The summed E-state index contributed by atoms with van der Waals surface area (Å²) in [6.45, 7) is 2.15. The van der Waals surface area contributed by atoms with E-state index < -0.39 is 29.9 Å². The number of hydrogen-bond acceptors (Lipinski definition) is 7. The molecule has 0 aliphatic carbocycles. The van der Waals surface area contributed by atoms with Crippen molar-refractivity contribution in [3.8, 4) is 0 Å². The summed E-state index contributed by atoms with van der Waals surface area (Å²) in [6, 6.07) is 7.67. The number of urea groups is 1. The minimum absolute atomic E-state index is 0.0197. The Hall–Kier alpha value is -3.27. The number of esters is 1. The molecular weight excluding hydrogens is 396 g/mol. The number of aromatic nitrogens is 1. The summed E-state index contributed by atoms with van der Waals surface area (Å²) in [5.41, 5.74) is 1.31. The Morgan fingerprint density at radius 1 is 1.28 bits per heavy atom. The molecule has 3 rings (SSSR count). The van der Waals surface area contributed by atoms with Crippen LogP contribution in [0.5, 0.6) is 0 Å². The molecule has 2 N–H and O–H groups in total. The van der Waals surface area contributed by atoms with Gasteiger partial charge in [0.2, 0.25) is 5.91 Å². The Morgan fingerprint density at radius 3 is 2.76 bits per heavy atom. The number of rotatable bonds is 8. The standard InChI is InChI=1S/C19H20N4O5S/c1-2-28-16(25)8-13-11-29-18(20-13)22-15(24)9-14-17(26)23(19(27)21-14)10-12-6-4-3-5-7-12/h3-7,11,14H,2,8-10H2,1H3,(H,21,27)(H,20,22,24). The number of nitrogens with one attached hydrogen (secondary N) is 2. The highest BCUT2D eigenvalue weighted by Crippen LogP contribution is 2.18. The first-order valence-electron chi connectivity index (χ1n) is 9.02. The average Bonchev–Trinajstić information content (AvgIpc) is 3.22. The highest BCUT2D eigenvalue weighted by Gasteiger charge is 2.39. The molecule has 1 aromatic carbocycles. The van der Waals surface area contributed by atoms with Gasteiger partial charge in [-0.3, -0.25) is 19.3 Å². The van der Waals surface area contributed by atoms with Crippen molar-refractivity contribution in [2.45, 2.75) is 32.4 Å². The van der Waals surface area contributed by atoms with E-state index in [9.17, 15) is 19.2 Å². The lowest BCUT2D eigenvalue weighted by Crippen LogP contribution is -2.34. The van der Waals surface area contributed by atoms with Gasteiger partial charge in [-0.15, -0.1) is 11.3 Å². The highest BCUT2D eigenvalue weighted by molar-refractivity contribution is 7.13. The molecule has 2 heterocycles. The minimum atomic E-state index is -0.926. The summed E-state index contributed by atoms with van der Waals surface area (Å²) in [4.78, 5) is 53.6. The van der Waals surface area contributed by atoms with E-state index in [0.717, 1.165) is 10.5 Å². The molecule has 9 nitrogen and oxygen atoms in total. The third-order valence-corrected chi connectivity index (χ3v) is 4.92. The van der Waals surface area contributed by atoms with Crippen LogP contribution in [0.3, 0.4) is 0 Å². The van der Waals surface area contributed by atoms with Crippen LogP contribution < -0.4 is 10.6 Å². The van der Waals surface area contributed by atoms with Crippen molar-refractivity contribution in [1.82, 2.24) is 15.2 Å². The quantitative estimate of drug-likeness (QED) is 0.500. The molecule has 0 saturated carbocycles. The fourth-order valence-corrected chi connectivity index (χ4v) is 3.52. The van der Waals surface area contributed by atoms with Gasteiger partial charge in [0.25, 0.3) is 5.91 Å². The number of benzene rings is 1. The summed E-state index contributed by atoms with van der Waals surface area (Å²) < 4.78 is 4.86. The van der Waals surface area contributed by atoms with Gasteiger partial charge in [0.05, 0.1) is 31.7 Å². The van der Waals surface area contributed by atoms with Crippen molar-refractivity contribution >= 4 is 40.3 Å². The largest absolute Gasteiger partial charge is 0.466 e. The van der Waals surface area contributed by atoms with Gasteiger partial charge in [-0.25, -0.2) is 9.78 Å². The first-order valence-corrected chi connectivity index (χ1v) is 9.90. The van der Waals surface area contributed by atoms with Gasteiger partial charge >= 0.3 is 12.0 Å². The Labute approximate surface area is 171 Å². The molecule has 1 aromatic heterocycles. The van der Waals surface area contributed by atoms with Crippen LogP contribution >= 0.6 is 11.3 Å². The lowest BCUT2D eigenvalue weighted by atomic mass is 10.2. The molecule has 0 radical (unpaired) electrons. The molecule has 1 aliphatic rings. The molecule has 0 spiro atoms. The molecule has 1 atom stereocenters. The number of carbonyl (C=O) groups excluding carboxylic acids is 4. The van der Waals surface area contributed by atoms with Gasteiger partial charge in [0.15, 0.2) is 5.13 Å². The second kappa shape index (κ2) is 9.28. The topological polar surface area (TPSA) is 118 Å². The Bertz CT molecular complexity index is 914. The maximum atomic E-state index is 12.5. The van der Waals surface area contributed by atoms with Crippen LogP contribution in [0.2, 0.25) is 0 Å². The van der Waals surface area contributed by atoms with Crippen molar-refractivity contribution in [3.05, 3.63) is 47.0 Å². The zero-order chi connectivity index (χ0) is 20.8. The van der Waals surface area contributed by atoms with Gasteiger partial charge in [-0.1, -0.05) is 30.3 Å². The van der Waals surface area contributed by atoms with Crippen LogP contribution in [-0.4, -0.2) is 46.3 Å². The zero-order valence-electron chi connectivity index (χ0n) is 15.7. The average molecular weight is 416 g/mol. The first kappa shape index (κ1) is 20.5. The predicted octanol–water partition coefficient (Wildman–Crippen LogP) is 1.70. The van der Waals surface area contributed by atoms with E-state index in [1.54, 1.807) is 12.3 Å². The molecule has 1 saturated heterocycles. The van der Waals surface area contributed by atoms with Crippen molar-refractivity contribution < 1.29 is 23.9 Å². The van der Waals surface area contributed by atoms with Gasteiger partial charge in [-0.2, -0.15) is 0 Å². The monoisotopic (exact) mass is 416 g/mol. The first-order chi connectivity index (χ1) is 14.0. The molecule has 1 unspecified atom stereocenters. The number of hydrogen-bond donors (Lipinski definition) is 2. The van der Waals surface area contributed by atoms with Gasteiger partial charge in [-0.05, 0) is 12.5 Å². The van der Waals surface area contributed by atoms with Crippen molar-refractivity contribution in [2.75, 3.05) is 11.9 Å². The smallest absolute Gasteiger partial charge is 0.325 e. The third-order valence-electron chi connectivity index (χ3n) is 4.11. The summed E-state index contributed by atoms with van der Waals surface area (Å²) in [7, 11) is 0. The highest BCUT2D eigenvalue weighted by atomic mass is 32.1. The molecule has 10 heteroatoms. The molecule has 1 aliphatic heterocycles. The normalized spacial score (nSPS) is 15.9. The van der Waals surface area contributed by atoms with Crippen LogP contribution in [0.1, 0.15) is 24.6 Å². The fraction of sp³-hybridized carbons (Fsp3) is 0.316. The zero-order valence-corrected chi connectivity index (χ0v) is 16.5. The number of anilines is 1. The summed E-state index contributed by atoms with van der Waals surface area (Å²) in [5.74, 6) is -1.30. The second-order valence-corrected chi connectivity index (χ2v) is 7.15. The molecule has 0 bridgehead atoms. The van der Waals surface area contributed by atoms with E-state index in [-0.39, 0.29) is 26.0 Å². The van der Waals surface area contributed by atoms with Crippen molar-refractivity contribution in [3.63, 3.8) is 0 Å². The summed E-state index contributed by atoms with van der Waals surface area (Å²) in [5, 5.41) is 7.08. The van der Waals surface area contributed by atoms with E-state index in [0.29, 0.717) is 10.8 Å². The lowest BCUT2D eigenvalue weighted by Gasteiger charge is -2.12. The van der Waals surface area contributed by atoms with Crippen molar-refractivity contribution in [2.24, 2.45) is 0 Å². The van der Waals surface area contributed by atoms with Crippen LogP contribution in [0.15, 0.2) is 35.7 Å². The summed E-state index contributed by atoms with van der Waals surface area (Å²) >= 11 is 1.17. The van der Waals surface area contributed by atoms with Crippen LogP contribution in [0, 0.1) is 0 Å². The van der Waals surface area contributed by atoms with Crippen LogP contribution in [-0.2, 0) is 32.1 Å². The number of thiazole rings is 1. The molecule has 4 amide bonds. The van der Waals surface area contributed by atoms with E-state index in [2.05, 4.69) is 15.6 Å². The van der Waals surface area contributed by atoms with E-state index in [4.69, 9.17) is 4.74 Å². The predicted molar refractivity (Wildman–Crippen MR) is 105 cm³/mol. The van der Waals surface area contributed by atoms with Gasteiger partial charge < -0.3 is 15.4 Å². The van der Waals surface area contributed by atoms with E-state index in [1.807, 2.05) is 30.3 Å². The van der Waals surface area contributed by atoms with Crippen LogP contribution in [0.4, 0.5) is 9.93 Å². The number of amides is 4. The van der Waals surface area contributed by atoms with Gasteiger partial charge in [0.1, 0.15) is 6.04 Å². The Balaban J connectivity index is 1.53. The van der Waals surface area contributed by atoms with E-state index in [1.165, 1.54) is 11.3 Å². The molecule has 2 aromatic rings. The second-order valence-electron chi connectivity index (χ2n) is 6.29. The molecule has 29 heavy (non-hydrogen) atoms. The van der Waals surface area contributed by atoms with Crippen LogP contribution in [0.25, 0.3) is 0 Å². The number of imide groups is 1. The molecule has 152 valence electrons. The molecule has 1 fully saturated rings. The number of ether oxygens (including phenoxy) is 1. The lowest BCUT2D eigenvalue weighted by molar-refractivity contribution is -0.142. The third kappa shape index (κ3) is 5.38. The van der Waals surface area contributed by atoms with Crippen molar-refractivity contribution in [1.29, 1.82) is 0 Å².